The molecule has 0 atom stereocenters. The van der Waals surface area contributed by atoms with Gasteiger partial charge in [0.1, 0.15) is 0 Å². The Morgan fingerprint density at radius 2 is 1.56 bits per heavy atom. The van der Waals surface area contributed by atoms with Gasteiger partial charge in [-0.15, -0.1) is 0 Å². The van der Waals surface area contributed by atoms with Crippen molar-refractivity contribution in [2.45, 2.75) is 6.92 Å². The van der Waals surface area contributed by atoms with Crippen LogP contribution in [0.5, 0.6) is 0 Å². The van der Waals surface area contributed by atoms with Gasteiger partial charge in [-0.05, 0) is 18.6 Å². The summed E-state index contributed by atoms with van der Waals surface area (Å²) in [4.78, 5) is 18.9. The molecule has 1 aromatic rings. The van der Waals surface area contributed by atoms with Gasteiger partial charge in [0, 0.05) is 5.97 Å². The zero-order valence-electron chi connectivity index (χ0n) is 8.88. The summed E-state index contributed by atoms with van der Waals surface area (Å²) in [5, 5.41) is 18.9. The largest absolute Gasteiger partial charge is 2.00 e. The minimum atomic E-state index is -1.17. The summed E-state index contributed by atoms with van der Waals surface area (Å²) in [6.07, 6.45) is 2.50. The first-order chi connectivity index (χ1) is 7.02. The molecule has 0 aliphatic rings. The van der Waals surface area contributed by atoms with Crippen LogP contribution in [0.4, 0.5) is 0 Å². The molecular formula is C11H10O4Zn. The van der Waals surface area contributed by atoms with Crippen molar-refractivity contribution in [2.75, 3.05) is 0 Å². The van der Waals surface area contributed by atoms with Crippen LogP contribution in [-0.4, -0.2) is 11.9 Å². The van der Waals surface area contributed by atoms with Crippen molar-refractivity contribution < 1.29 is 39.3 Å². The molecule has 4 nitrogen and oxygen atoms in total. The Bertz CT molecular complexity index is 342. The van der Waals surface area contributed by atoms with E-state index in [1.165, 1.54) is 6.08 Å². The van der Waals surface area contributed by atoms with Crippen LogP contribution in [0, 0.1) is 0 Å². The third kappa shape index (κ3) is 12.5. The monoisotopic (exact) mass is 270 g/mol. The molecule has 0 saturated heterocycles. The maximum atomic E-state index is 9.97. The fourth-order valence-electron chi connectivity index (χ4n) is 0.728. The van der Waals surface area contributed by atoms with E-state index >= 15 is 0 Å². The number of rotatable bonds is 2. The molecule has 0 heterocycles. The third-order valence-corrected chi connectivity index (χ3v) is 1.21. The van der Waals surface area contributed by atoms with Gasteiger partial charge in [-0.3, -0.25) is 0 Å². The summed E-state index contributed by atoms with van der Waals surface area (Å²) in [7, 11) is 0. The van der Waals surface area contributed by atoms with Gasteiger partial charge in [-0.2, -0.15) is 0 Å². The maximum absolute atomic E-state index is 9.97. The van der Waals surface area contributed by atoms with Crippen LogP contribution in [0.3, 0.4) is 0 Å². The molecule has 1 aromatic carbocycles. The summed E-state index contributed by atoms with van der Waals surface area (Å²) in [6.45, 7) is 0.972. The topological polar surface area (TPSA) is 80.3 Å². The van der Waals surface area contributed by atoms with Gasteiger partial charge in [-0.1, -0.05) is 36.4 Å². The van der Waals surface area contributed by atoms with E-state index in [4.69, 9.17) is 9.90 Å². The SMILES string of the molecule is CC(=O)[O-].O=C([O-])C=Cc1ccccc1.[Zn+2]. The molecule has 0 spiro atoms. The van der Waals surface area contributed by atoms with E-state index in [0.717, 1.165) is 18.6 Å². The van der Waals surface area contributed by atoms with E-state index in [9.17, 15) is 9.90 Å². The first kappa shape index (κ1) is 16.9. The van der Waals surface area contributed by atoms with Gasteiger partial charge in [0.2, 0.25) is 0 Å². The maximum Gasteiger partial charge on any atom is 2.00 e. The minimum absolute atomic E-state index is 0. The predicted octanol–water partition coefficient (Wildman–Crippen LogP) is -0.797. The van der Waals surface area contributed by atoms with Gasteiger partial charge in [0.25, 0.3) is 0 Å². The van der Waals surface area contributed by atoms with Crippen LogP contribution in [0.1, 0.15) is 12.5 Å². The second-order valence-electron chi connectivity index (χ2n) is 2.55. The van der Waals surface area contributed by atoms with Crippen LogP contribution >= 0.6 is 0 Å². The molecule has 0 amide bonds. The third-order valence-electron chi connectivity index (χ3n) is 1.21. The van der Waals surface area contributed by atoms with Gasteiger partial charge in [0.05, 0.1) is 5.97 Å². The van der Waals surface area contributed by atoms with Crippen LogP contribution in [-0.2, 0) is 29.1 Å². The van der Waals surface area contributed by atoms with Crippen LogP contribution in [0.25, 0.3) is 6.08 Å². The summed E-state index contributed by atoms with van der Waals surface area (Å²) in [5.74, 6) is -2.26. The Morgan fingerprint density at radius 1 is 1.12 bits per heavy atom. The predicted molar refractivity (Wildman–Crippen MR) is 51.2 cm³/mol. The summed E-state index contributed by atoms with van der Waals surface area (Å²) in [6, 6.07) is 9.19. The number of benzene rings is 1. The second-order valence-corrected chi connectivity index (χ2v) is 2.55. The molecule has 5 heteroatoms. The first-order valence-electron chi connectivity index (χ1n) is 4.14. The summed E-state index contributed by atoms with van der Waals surface area (Å²) in [5.41, 5.74) is 0.858. The molecule has 0 radical (unpaired) electrons. The molecule has 0 aromatic heterocycles. The number of aliphatic carboxylic acids is 2. The fraction of sp³-hybridized carbons (Fsp3) is 0.0909. The Hall–Kier alpha value is -1.48. The number of carboxylic acid groups (broad SMARTS) is 2. The Kier molecular flexibility index (Phi) is 10.6. The van der Waals surface area contributed by atoms with Crippen molar-refractivity contribution in [2.24, 2.45) is 0 Å². The molecule has 16 heavy (non-hydrogen) atoms. The van der Waals surface area contributed by atoms with Gasteiger partial charge in [-0.25, -0.2) is 0 Å². The average molecular weight is 272 g/mol. The van der Waals surface area contributed by atoms with Gasteiger partial charge >= 0.3 is 19.5 Å². The summed E-state index contributed by atoms with van der Waals surface area (Å²) < 4.78 is 0. The van der Waals surface area contributed by atoms with E-state index in [-0.39, 0.29) is 19.5 Å². The normalized spacial score (nSPS) is 8.56. The van der Waals surface area contributed by atoms with Crippen molar-refractivity contribution >= 4 is 18.0 Å². The van der Waals surface area contributed by atoms with Gasteiger partial charge in [0.15, 0.2) is 0 Å². The van der Waals surface area contributed by atoms with Crippen molar-refractivity contribution in [3.63, 3.8) is 0 Å². The molecule has 0 N–H and O–H groups in total. The van der Waals surface area contributed by atoms with Crippen LogP contribution in [0.15, 0.2) is 36.4 Å². The molecule has 0 aliphatic heterocycles. The molecule has 1 rings (SSSR count). The molecule has 0 saturated carbocycles. The zero-order chi connectivity index (χ0) is 11.7. The van der Waals surface area contributed by atoms with E-state index in [1.807, 2.05) is 30.3 Å². The quantitative estimate of drug-likeness (QED) is 0.521. The Balaban J connectivity index is 0. The average Bonchev–Trinajstić information content (AvgIpc) is 2.15. The van der Waals surface area contributed by atoms with Crippen molar-refractivity contribution in [3.8, 4) is 0 Å². The van der Waals surface area contributed by atoms with Crippen molar-refractivity contribution in [1.29, 1.82) is 0 Å². The van der Waals surface area contributed by atoms with Crippen LogP contribution < -0.4 is 10.2 Å². The number of hydrogen-bond acceptors (Lipinski definition) is 4. The van der Waals surface area contributed by atoms with E-state index in [0.29, 0.717) is 0 Å². The van der Waals surface area contributed by atoms with E-state index < -0.39 is 11.9 Å². The van der Waals surface area contributed by atoms with Gasteiger partial charge < -0.3 is 19.8 Å². The van der Waals surface area contributed by atoms with E-state index in [1.54, 1.807) is 0 Å². The molecule has 0 aliphatic carbocycles. The number of carbonyl (C=O) groups is 2. The minimum Gasteiger partial charge on any atom is -0.550 e. The number of carbonyl (C=O) groups excluding carboxylic acids is 2. The Labute approximate surface area is 106 Å². The number of carboxylic acids is 2. The summed E-state index contributed by atoms with van der Waals surface area (Å²) >= 11 is 0. The Morgan fingerprint density at radius 3 is 1.94 bits per heavy atom. The fourth-order valence-corrected chi connectivity index (χ4v) is 0.728. The second kappa shape index (κ2) is 10.1. The molecule has 80 valence electrons. The van der Waals surface area contributed by atoms with Crippen molar-refractivity contribution in [1.82, 2.24) is 0 Å². The standard InChI is InChI=1S/C9H8O2.C2H4O2.Zn/c10-9(11)7-6-8-4-2-1-3-5-8;1-2(3)4;/h1-7H,(H,10,11);1H3,(H,3,4);/q;;+2/p-2. The molecule has 0 bridgehead atoms. The molecule has 0 unspecified atom stereocenters. The number of hydrogen-bond donors (Lipinski definition) is 0. The molecule has 0 fully saturated rings. The van der Waals surface area contributed by atoms with Crippen molar-refractivity contribution in [3.05, 3.63) is 42.0 Å². The zero-order valence-corrected chi connectivity index (χ0v) is 11.8. The molecular weight excluding hydrogens is 262 g/mol. The smallest absolute Gasteiger partial charge is 0.550 e. The van der Waals surface area contributed by atoms with Crippen LogP contribution in [0.2, 0.25) is 0 Å². The first-order valence-corrected chi connectivity index (χ1v) is 4.14. The van der Waals surface area contributed by atoms with E-state index in [2.05, 4.69) is 0 Å².